The van der Waals surface area contributed by atoms with Crippen LogP contribution in [0, 0.1) is 19.3 Å². The molecule has 1 aromatic rings. The van der Waals surface area contributed by atoms with Gasteiger partial charge in [0.1, 0.15) is 5.82 Å². The molecule has 0 fully saturated rings. The number of rotatable bonds is 3. The molecule has 0 bridgehead atoms. The van der Waals surface area contributed by atoms with E-state index in [-0.39, 0.29) is 6.04 Å². The summed E-state index contributed by atoms with van der Waals surface area (Å²) in [5, 5.41) is 3.20. The maximum atomic E-state index is 5.34. The number of aryl methyl sites for hydroxylation is 1. The van der Waals surface area contributed by atoms with Gasteiger partial charge < -0.3 is 5.32 Å². The van der Waals surface area contributed by atoms with E-state index in [9.17, 15) is 0 Å². The monoisotopic (exact) mass is 174 g/mol. The molecule has 1 N–H and O–H groups in total. The highest BCUT2D eigenvalue weighted by molar-refractivity contribution is 5.44. The minimum Gasteiger partial charge on any atom is -0.356 e. The van der Waals surface area contributed by atoms with Crippen molar-refractivity contribution in [1.82, 2.24) is 4.98 Å². The molecule has 0 aliphatic heterocycles. The first-order chi connectivity index (χ1) is 6.27. The highest BCUT2D eigenvalue weighted by Gasteiger charge is 2.03. The Labute approximate surface area is 79.4 Å². The van der Waals surface area contributed by atoms with E-state index in [0.717, 1.165) is 17.8 Å². The zero-order valence-corrected chi connectivity index (χ0v) is 8.04. The van der Waals surface area contributed by atoms with Gasteiger partial charge in [0.05, 0.1) is 6.04 Å². The summed E-state index contributed by atoms with van der Waals surface area (Å²) in [6.45, 7) is 4.06. The molecular weight excluding hydrogens is 160 g/mol. The lowest BCUT2D eigenvalue weighted by Gasteiger charge is -2.12. The summed E-state index contributed by atoms with van der Waals surface area (Å²) < 4.78 is 0. The van der Waals surface area contributed by atoms with E-state index in [1.165, 1.54) is 0 Å². The number of terminal acetylenes is 1. The van der Waals surface area contributed by atoms with Crippen LogP contribution in [0.4, 0.5) is 5.82 Å². The molecule has 0 saturated heterocycles. The van der Waals surface area contributed by atoms with E-state index in [1.807, 2.05) is 19.1 Å². The minimum atomic E-state index is 0.0774. The fourth-order valence-electron chi connectivity index (χ4n) is 1.06. The van der Waals surface area contributed by atoms with Gasteiger partial charge in [0, 0.05) is 6.20 Å². The van der Waals surface area contributed by atoms with Gasteiger partial charge >= 0.3 is 0 Å². The third-order valence-electron chi connectivity index (χ3n) is 1.93. The van der Waals surface area contributed by atoms with Gasteiger partial charge in [0.15, 0.2) is 0 Å². The zero-order valence-electron chi connectivity index (χ0n) is 8.04. The Balaban J connectivity index is 2.74. The van der Waals surface area contributed by atoms with Crippen molar-refractivity contribution in [3.8, 4) is 12.3 Å². The van der Waals surface area contributed by atoms with Crippen LogP contribution in [0.15, 0.2) is 18.3 Å². The van der Waals surface area contributed by atoms with Gasteiger partial charge in [-0.1, -0.05) is 18.9 Å². The average Bonchev–Trinajstić information content (AvgIpc) is 2.17. The SMILES string of the molecule is C#CC(CC)Nc1ncccc1C. The summed E-state index contributed by atoms with van der Waals surface area (Å²) in [4.78, 5) is 4.21. The molecule has 0 aliphatic rings. The molecule has 13 heavy (non-hydrogen) atoms. The number of nitrogens with zero attached hydrogens (tertiary/aromatic N) is 1. The van der Waals surface area contributed by atoms with Gasteiger partial charge in [-0.15, -0.1) is 6.42 Å². The van der Waals surface area contributed by atoms with Gasteiger partial charge in [0.25, 0.3) is 0 Å². The number of pyridine rings is 1. The summed E-state index contributed by atoms with van der Waals surface area (Å²) in [6, 6.07) is 4.00. The summed E-state index contributed by atoms with van der Waals surface area (Å²) in [5.41, 5.74) is 1.12. The molecule has 1 heterocycles. The molecule has 1 atom stereocenters. The Bertz CT molecular complexity index is 312. The van der Waals surface area contributed by atoms with Gasteiger partial charge in [-0.25, -0.2) is 4.98 Å². The average molecular weight is 174 g/mol. The molecule has 1 unspecified atom stereocenters. The van der Waals surface area contributed by atoms with Crippen LogP contribution in [0.5, 0.6) is 0 Å². The Morgan fingerprint density at radius 2 is 2.46 bits per heavy atom. The Morgan fingerprint density at radius 1 is 1.69 bits per heavy atom. The predicted molar refractivity (Wildman–Crippen MR) is 55.5 cm³/mol. The van der Waals surface area contributed by atoms with Gasteiger partial charge in [-0.2, -0.15) is 0 Å². The molecular formula is C11H14N2. The predicted octanol–water partition coefficient (Wildman–Crippen LogP) is 2.21. The van der Waals surface area contributed by atoms with Crippen molar-refractivity contribution >= 4 is 5.82 Å². The van der Waals surface area contributed by atoms with Crippen molar-refractivity contribution in [3.63, 3.8) is 0 Å². The fourth-order valence-corrected chi connectivity index (χ4v) is 1.06. The lowest BCUT2D eigenvalue weighted by molar-refractivity contribution is 0.849. The van der Waals surface area contributed by atoms with Crippen molar-refractivity contribution in [3.05, 3.63) is 23.9 Å². The summed E-state index contributed by atoms with van der Waals surface area (Å²) in [5.74, 6) is 3.56. The summed E-state index contributed by atoms with van der Waals surface area (Å²) in [6.07, 6.45) is 8.01. The van der Waals surface area contributed by atoms with Crippen LogP contribution in [-0.2, 0) is 0 Å². The van der Waals surface area contributed by atoms with Crippen LogP contribution in [0.3, 0.4) is 0 Å². The van der Waals surface area contributed by atoms with E-state index in [2.05, 4.69) is 23.1 Å². The fraction of sp³-hybridized carbons (Fsp3) is 0.364. The highest BCUT2D eigenvalue weighted by Crippen LogP contribution is 2.11. The smallest absolute Gasteiger partial charge is 0.129 e. The topological polar surface area (TPSA) is 24.9 Å². The largest absolute Gasteiger partial charge is 0.356 e. The molecule has 1 rings (SSSR count). The molecule has 0 aliphatic carbocycles. The first kappa shape index (κ1) is 9.60. The first-order valence-corrected chi connectivity index (χ1v) is 4.42. The Morgan fingerprint density at radius 3 is 3.00 bits per heavy atom. The van der Waals surface area contributed by atoms with Crippen LogP contribution in [0.25, 0.3) is 0 Å². The zero-order chi connectivity index (χ0) is 9.68. The van der Waals surface area contributed by atoms with Crippen molar-refractivity contribution < 1.29 is 0 Å². The number of anilines is 1. The molecule has 0 spiro atoms. The number of nitrogens with one attached hydrogen (secondary N) is 1. The second-order valence-corrected chi connectivity index (χ2v) is 2.94. The standard InChI is InChI=1S/C11H14N2/c1-4-10(5-2)13-11-9(3)7-6-8-12-11/h1,6-8,10H,5H2,2-3H3,(H,12,13). The highest BCUT2D eigenvalue weighted by atomic mass is 15.0. The second-order valence-electron chi connectivity index (χ2n) is 2.94. The first-order valence-electron chi connectivity index (χ1n) is 4.42. The van der Waals surface area contributed by atoms with E-state index >= 15 is 0 Å². The van der Waals surface area contributed by atoms with E-state index in [1.54, 1.807) is 6.20 Å². The lowest BCUT2D eigenvalue weighted by Crippen LogP contribution is -2.17. The molecule has 2 heteroatoms. The third kappa shape index (κ3) is 2.48. The molecule has 1 aromatic heterocycles. The molecule has 0 amide bonds. The van der Waals surface area contributed by atoms with Crippen LogP contribution in [0.2, 0.25) is 0 Å². The third-order valence-corrected chi connectivity index (χ3v) is 1.93. The van der Waals surface area contributed by atoms with Gasteiger partial charge in [-0.3, -0.25) is 0 Å². The quantitative estimate of drug-likeness (QED) is 0.711. The number of hydrogen-bond donors (Lipinski definition) is 1. The number of aromatic nitrogens is 1. The van der Waals surface area contributed by atoms with Crippen molar-refractivity contribution in [2.75, 3.05) is 5.32 Å². The van der Waals surface area contributed by atoms with Crippen LogP contribution in [0.1, 0.15) is 18.9 Å². The van der Waals surface area contributed by atoms with E-state index < -0.39 is 0 Å². The molecule has 0 saturated carbocycles. The van der Waals surface area contributed by atoms with Gasteiger partial charge in [0.2, 0.25) is 0 Å². The lowest BCUT2D eigenvalue weighted by atomic mass is 10.2. The van der Waals surface area contributed by atoms with Crippen LogP contribution >= 0.6 is 0 Å². The van der Waals surface area contributed by atoms with Crippen molar-refractivity contribution in [2.45, 2.75) is 26.3 Å². The Hall–Kier alpha value is -1.49. The maximum Gasteiger partial charge on any atom is 0.129 e. The van der Waals surface area contributed by atoms with E-state index in [0.29, 0.717) is 0 Å². The van der Waals surface area contributed by atoms with Gasteiger partial charge in [-0.05, 0) is 25.0 Å². The summed E-state index contributed by atoms with van der Waals surface area (Å²) in [7, 11) is 0. The molecule has 0 radical (unpaired) electrons. The van der Waals surface area contributed by atoms with E-state index in [4.69, 9.17) is 6.42 Å². The number of hydrogen-bond acceptors (Lipinski definition) is 2. The normalized spacial score (nSPS) is 11.8. The second kappa shape index (κ2) is 4.51. The van der Waals surface area contributed by atoms with Crippen molar-refractivity contribution in [1.29, 1.82) is 0 Å². The van der Waals surface area contributed by atoms with Crippen molar-refractivity contribution in [2.24, 2.45) is 0 Å². The maximum absolute atomic E-state index is 5.34. The molecule has 0 aromatic carbocycles. The minimum absolute atomic E-state index is 0.0774. The van der Waals surface area contributed by atoms with Crippen LogP contribution in [-0.4, -0.2) is 11.0 Å². The molecule has 68 valence electrons. The molecule has 2 nitrogen and oxygen atoms in total. The van der Waals surface area contributed by atoms with Crippen LogP contribution < -0.4 is 5.32 Å². The Kier molecular flexibility index (Phi) is 3.33. The summed E-state index contributed by atoms with van der Waals surface area (Å²) >= 11 is 0.